The van der Waals surface area contributed by atoms with E-state index in [1.54, 1.807) is 30.3 Å². The van der Waals surface area contributed by atoms with Crippen LogP contribution in [0.4, 0.5) is 13.2 Å². The van der Waals surface area contributed by atoms with Gasteiger partial charge >= 0.3 is 6.36 Å². The summed E-state index contributed by atoms with van der Waals surface area (Å²) in [5.74, 6) is -0.872. The summed E-state index contributed by atoms with van der Waals surface area (Å²) in [6, 6.07) is 12.1. The van der Waals surface area contributed by atoms with Crippen LogP contribution >= 0.6 is 11.6 Å². The molecule has 0 bridgehead atoms. The van der Waals surface area contributed by atoms with E-state index in [9.17, 15) is 22.8 Å². The van der Waals surface area contributed by atoms with Crippen molar-refractivity contribution in [1.82, 2.24) is 10.2 Å². The molecule has 5 nitrogen and oxygen atoms in total. The number of nitrogens with zero attached hydrogens (tertiary/aromatic N) is 1. The van der Waals surface area contributed by atoms with Crippen molar-refractivity contribution in [3.8, 4) is 5.75 Å². The third-order valence-corrected chi connectivity index (χ3v) is 4.24. The second-order valence-electron chi connectivity index (χ2n) is 6.27. The lowest BCUT2D eigenvalue weighted by Crippen LogP contribution is -2.29. The molecular weight excluding hydrogens is 409 g/mol. The van der Waals surface area contributed by atoms with Crippen LogP contribution in [0, 0.1) is 0 Å². The van der Waals surface area contributed by atoms with Crippen molar-refractivity contribution in [3.63, 3.8) is 0 Å². The number of hydrogen-bond donors (Lipinski definition) is 1. The number of alkyl halides is 3. The van der Waals surface area contributed by atoms with Crippen LogP contribution in [0.3, 0.4) is 0 Å². The van der Waals surface area contributed by atoms with Crippen LogP contribution in [0.15, 0.2) is 48.5 Å². The fourth-order valence-corrected chi connectivity index (χ4v) is 2.66. The van der Waals surface area contributed by atoms with Gasteiger partial charge in [0.25, 0.3) is 5.91 Å². The Balaban J connectivity index is 1.79. The van der Waals surface area contributed by atoms with Crippen LogP contribution < -0.4 is 10.1 Å². The number of carbonyl (C=O) groups is 2. The molecule has 2 aromatic carbocycles. The van der Waals surface area contributed by atoms with Gasteiger partial charge in [-0.3, -0.25) is 9.59 Å². The molecule has 0 saturated heterocycles. The van der Waals surface area contributed by atoms with E-state index in [0.29, 0.717) is 17.0 Å². The topological polar surface area (TPSA) is 58.6 Å². The molecule has 0 saturated carbocycles. The van der Waals surface area contributed by atoms with E-state index in [1.807, 2.05) is 0 Å². The van der Waals surface area contributed by atoms with Crippen molar-refractivity contribution in [1.29, 1.82) is 0 Å². The van der Waals surface area contributed by atoms with E-state index in [2.05, 4.69) is 10.1 Å². The smallest absolute Gasteiger partial charge is 0.405 e. The molecule has 0 unspecified atom stereocenters. The maximum absolute atomic E-state index is 12.5. The standard InChI is InChI=1S/C20H20ClF3N2O3/c1-26(13-15-5-2-3-6-17(15)29-20(22,23)24)18(27)7-4-12-25-19(28)14-8-10-16(21)11-9-14/h2-3,5-6,8-11H,4,7,12-13H2,1H3,(H,25,28). The Hall–Kier alpha value is -2.74. The largest absolute Gasteiger partial charge is 0.573 e. The van der Waals surface area contributed by atoms with Crippen molar-refractivity contribution >= 4 is 23.4 Å². The maximum atomic E-state index is 12.5. The molecular formula is C20H20ClF3N2O3. The van der Waals surface area contributed by atoms with Crippen LogP contribution in [-0.4, -0.2) is 36.7 Å². The van der Waals surface area contributed by atoms with Crippen LogP contribution in [0.1, 0.15) is 28.8 Å². The highest BCUT2D eigenvalue weighted by Crippen LogP contribution is 2.27. The molecule has 29 heavy (non-hydrogen) atoms. The Bertz CT molecular complexity index is 842. The highest BCUT2D eigenvalue weighted by Gasteiger charge is 2.32. The second kappa shape index (κ2) is 10.2. The molecule has 1 N–H and O–H groups in total. The summed E-state index contributed by atoms with van der Waals surface area (Å²) >= 11 is 5.77. The van der Waals surface area contributed by atoms with Gasteiger partial charge in [-0.25, -0.2) is 0 Å². The van der Waals surface area contributed by atoms with E-state index in [1.165, 1.54) is 30.1 Å². The zero-order valence-electron chi connectivity index (χ0n) is 15.6. The first kappa shape index (κ1) is 22.5. The van der Waals surface area contributed by atoms with Gasteiger partial charge in [0.1, 0.15) is 5.75 Å². The van der Waals surface area contributed by atoms with E-state index in [4.69, 9.17) is 11.6 Å². The van der Waals surface area contributed by atoms with Gasteiger partial charge in [0.05, 0.1) is 0 Å². The molecule has 0 heterocycles. The Morgan fingerprint density at radius 2 is 1.76 bits per heavy atom. The van der Waals surface area contributed by atoms with Crippen molar-refractivity contribution in [2.24, 2.45) is 0 Å². The number of nitrogens with one attached hydrogen (secondary N) is 1. The highest BCUT2D eigenvalue weighted by molar-refractivity contribution is 6.30. The molecule has 0 spiro atoms. The molecule has 0 atom stereocenters. The highest BCUT2D eigenvalue weighted by atomic mass is 35.5. The molecule has 2 amide bonds. The lowest BCUT2D eigenvalue weighted by atomic mass is 10.1. The minimum absolute atomic E-state index is 0.0256. The van der Waals surface area contributed by atoms with Crippen LogP contribution in [0.2, 0.25) is 5.02 Å². The van der Waals surface area contributed by atoms with Gasteiger partial charge in [0, 0.05) is 42.7 Å². The Labute approximate surface area is 171 Å². The summed E-state index contributed by atoms with van der Waals surface area (Å²) in [4.78, 5) is 25.5. The van der Waals surface area contributed by atoms with E-state index < -0.39 is 6.36 Å². The van der Waals surface area contributed by atoms with Crippen LogP contribution in [-0.2, 0) is 11.3 Å². The second-order valence-corrected chi connectivity index (χ2v) is 6.71. The average molecular weight is 429 g/mol. The average Bonchev–Trinajstić information content (AvgIpc) is 2.65. The van der Waals surface area contributed by atoms with E-state index in [-0.39, 0.29) is 42.6 Å². The third kappa shape index (κ3) is 7.65. The lowest BCUT2D eigenvalue weighted by Gasteiger charge is -2.20. The van der Waals surface area contributed by atoms with Gasteiger partial charge in [0.15, 0.2) is 0 Å². The number of hydrogen-bond acceptors (Lipinski definition) is 3. The third-order valence-electron chi connectivity index (χ3n) is 3.99. The number of halogens is 4. The molecule has 0 aliphatic heterocycles. The Morgan fingerprint density at radius 1 is 1.10 bits per heavy atom. The molecule has 0 aromatic heterocycles. The Kier molecular flexibility index (Phi) is 7.90. The SMILES string of the molecule is CN(Cc1ccccc1OC(F)(F)F)C(=O)CCCNC(=O)c1ccc(Cl)cc1. The molecule has 0 radical (unpaired) electrons. The lowest BCUT2D eigenvalue weighted by molar-refractivity contribution is -0.275. The number of para-hydroxylation sites is 1. The van der Waals surface area contributed by atoms with Gasteiger partial charge in [-0.15, -0.1) is 13.2 Å². The van der Waals surface area contributed by atoms with Crippen molar-refractivity contribution < 1.29 is 27.5 Å². The number of ether oxygens (including phenoxy) is 1. The zero-order chi connectivity index (χ0) is 21.4. The molecule has 0 aliphatic carbocycles. The first-order chi connectivity index (χ1) is 13.7. The number of carbonyl (C=O) groups excluding carboxylic acids is 2. The number of benzene rings is 2. The summed E-state index contributed by atoms with van der Waals surface area (Å²) < 4.78 is 41.5. The summed E-state index contributed by atoms with van der Waals surface area (Å²) in [7, 11) is 1.50. The van der Waals surface area contributed by atoms with Crippen LogP contribution in [0.25, 0.3) is 0 Å². The summed E-state index contributed by atoms with van der Waals surface area (Å²) in [6.45, 7) is 0.261. The van der Waals surface area contributed by atoms with Gasteiger partial charge in [0.2, 0.25) is 5.91 Å². The van der Waals surface area contributed by atoms with Gasteiger partial charge in [-0.05, 0) is 36.8 Å². The van der Waals surface area contributed by atoms with Crippen molar-refractivity contribution in [2.45, 2.75) is 25.7 Å². The van der Waals surface area contributed by atoms with E-state index in [0.717, 1.165) is 0 Å². The molecule has 0 aliphatic rings. The minimum atomic E-state index is -4.80. The monoisotopic (exact) mass is 428 g/mol. The summed E-state index contributed by atoms with van der Waals surface area (Å²) in [5, 5.41) is 3.22. The molecule has 0 fully saturated rings. The van der Waals surface area contributed by atoms with Gasteiger partial charge in [-0.2, -0.15) is 0 Å². The maximum Gasteiger partial charge on any atom is 0.573 e. The van der Waals surface area contributed by atoms with Crippen molar-refractivity contribution in [2.75, 3.05) is 13.6 Å². The van der Waals surface area contributed by atoms with Gasteiger partial charge < -0.3 is 15.0 Å². The van der Waals surface area contributed by atoms with E-state index >= 15 is 0 Å². The fourth-order valence-electron chi connectivity index (χ4n) is 2.54. The summed E-state index contributed by atoms with van der Waals surface area (Å²) in [5.41, 5.74) is 0.704. The predicted octanol–water partition coefficient (Wildman–Crippen LogP) is 4.41. The predicted molar refractivity (Wildman–Crippen MR) is 103 cm³/mol. The Morgan fingerprint density at radius 3 is 2.41 bits per heavy atom. The minimum Gasteiger partial charge on any atom is -0.405 e. The molecule has 9 heteroatoms. The zero-order valence-corrected chi connectivity index (χ0v) is 16.4. The van der Waals surface area contributed by atoms with Crippen molar-refractivity contribution in [3.05, 3.63) is 64.7 Å². The quantitative estimate of drug-likeness (QED) is 0.634. The number of amides is 2. The van der Waals surface area contributed by atoms with Crippen LogP contribution in [0.5, 0.6) is 5.75 Å². The first-order valence-electron chi connectivity index (χ1n) is 8.77. The van der Waals surface area contributed by atoms with Gasteiger partial charge in [-0.1, -0.05) is 29.8 Å². The molecule has 2 aromatic rings. The fraction of sp³-hybridized carbons (Fsp3) is 0.300. The molecule has 156 valence electrons. The molecule has 2 rings (SSSR count). The first-order valence-corrected chi connectivity index (χ1v) is 9.15. The normalized spacial score (nSPS) is 11.1. The summed E-state index contributed by atoms with van der Waals surface area (Å²) in [6.07, 6.45) is -4.27. The number of rotatable bonds is 8.